The summed E-state index contributed by atoms with van der Waals surface area (Å²) in [5.41, 5.74) is 1.45. The fraction of sp³-hybridized carbons (Fsp3) is 0.211. The van der Waals surface area contributed by atoms with Gasteiger partial charge in [-0.3, -0.25) is 4.98 Å². The first-order valence-corrected chi connectivity index (χ1v) is 9.09. The summed E-state index contributed by atoms with van der Waals surface area (Å²) in [6.45, 7) is 5.89. The molecule has 3 rings (SSSR count). The van der Waals surface area contributed by atoms with E-state index in [1.807, 2.05) is 81.4 Å². The Balaban J connectivity index is 2.34. The summed E-state index contributed by atoms with van der Waals surface area (Å²) in [5, 5.41) is 0.998. The Morgan fingerprint density at radius 3 is 2.30 bits per heavy atom. The van der Waals surface area contributed by atoms with Gasteiger partial charge in [0.25, 0.3) is 0 Å². The highest BCUT2D eigenvalue weighted by atomic mass is 32.2. The zero-order valence-corrected chi connectivity index (χ0v) is 14.4. The molecule has 0 aliphatic carbocycles. The quantitative estimate of drug-likeness (QED) is 0.651. The summed E-state index contributed by atoms with van der Waals surface area (Å²) in [4.78, 5) is 5.17. The maximum Gasteiger partial charge on any atom is 0.0996 e. The second-order valence-electron chi connectivity index (χ2n) is 6.39. The fourth-order valence-electron chi connectivity index (χ4n) is 2.45. The van der Waals surface area contributed by atoms with Crippen LogP contribution in [0.25, 0.3) is 10.9 Å². The van der Waals surface area contributed by atoms with Gasteiger partial charge >= 0.3 is 0 Å². The van der Waals surface area contributed by atoms with Gasteiger partial charge in [-0.2, -0.15) is 4.36 Å². The van der Waals surface area contributed by atoms with Crippen molar-refractivity contribution in [2.75, 3.05) is 0 Å². The number of para-hydroxylation sites is 1. The van der Waals surface area contributed by atoms with E-state index in [1.54, 1.807) is 6.20 Å². The zero-order chi connectivity index (χ0) is 16.5. The average Bonchev–Trinajstić information content (AvgIpc) is 2.55. The fourth-order valence-corrected chi connectivity index (χ4v) is 4.49. The second kappa shape index (κ2) is 5.78. The first-order valence-electron chi connectivity index (χ1n) is 7.57. The normalized spacial score (nSPS) is 14.4. The molecule has 1 aromatic heterocycles. The first kappa shape index (κ1) is 15.7. The molecule has 0 bridgehead atoms. The van der Waals surface area contributed by atoms with Crippen molar-refractivity contribution in [1.82, 2.24) is 4.98 Å². The maximum absolute atomic E-state index is 13.8. The minimum absolute atomic E-state index is 0.495. The number of pyridine rings is 1. The van der Waals surface area contributed by atoms with Gasteiger partial charge in [0, 0.05) is 16.5 Å². The molecule has 0 fully saturated rings. The van der Waals surface area contributed by atoms with Crippen LogP contribution in [0.3, 0.4) is 0 Å². The molecule has 0 radical (unpaired) electrons. The SMILES string of the molecule is CC(C)(C)S(=O)(=Nc1cccc2cccnc12)c1ccccc1. The van der Waals surface area contributed by atoms with Gasteiger partial charge in [0.1, 0.15) is 0 Å². The smallest absolute Gasteiger partial charge is 0.0996 e. The predicted octanol–water partition coefficient (Wildman–Crippen LogP) is 5.19. The largest absolute Gasteiger partial charge is 0.254 e. The van der Waals surface area contributed by atoms with E-state index in [1.165, 1.54) is 0 Å². The molecular formula is C19H20N2OS. The summed E-state index contributed by atoms with van der Waals surface area (Å²) >= 11 is 0. The van der Waals surface area contributed by atoms with E-state index in [0.29, 0.717) is 5.69 Å². The molecule has 118 valence electrons. The molecule has 23 heavy (non-hydrogen) atoms. The van der Waals surface area contributed by atoms with Crippen molar-refractivity contribution in [2.45, 2.75) is 30.4 Å². The summed E-state index contributed by atoms with van der Waals surface area (Å²) in [6, 6.07) is 19.2. The van der Waals surface area contributed by atoms with Crippen LogP contribution in [0.4, 0.5) is 5.69 Å². The molecule has 0 spiro atoms. The van der Waals surface area contributed by atoms with Crippen molar-refractivity contribution >= 4 is 26.3 Å². The highest BCUT2D eigenvalue weighted by Crippen LogP contribution is 2.33. The Kier molecular flexibility index (Phi) is 3.94. The van der Waals surface area contributed by atoms with Crippen LogP contribution < -0.4 is 0 Å². The van der Waals surface area contributed by atoms with Gasteiger partial charge in [-0.05, 0) is 45.0 Å². The van der Waals surface area contributed by atoms with Gasteiger partial charge in [0.15, 0.2) is 0 Å². The second-order valence-corrected chi connectivity index (χ2v) is 9.33. The Hall–Kier alpha value is -2.20. The van der Waals surface area contributed by atoms with Crippen LogP contribution in [0.2, 0.25) is 0 Å². The Labute approximate surface area is 137 Å². The number of nitrogens with zero attached hydrogens (tertiary/aromatic N) is 2. The van der Waals surface area contributed by atoms with E-state index < -0.39 is 14.5 Å². The van der Waals surface area contributed by atoms with Crippen molar-refractivity contribution in [3.05, 3.63) is 66.9 Å². The van der Waals surface area contributed by atoms with Gasteiger partial charge in [-0.1, -0.05) is 36.4 Å². The highest BCUT2D eigenvalue weighted by Gasteiger charge is 2.29. The molecule has 3 aromatic rings. The summed E-state index contributed by atoms with van der Waals surface area (Å²) in [6.07, 6.45) is 1.74. The Bertz CT molecular complexity index is 945. The molecule has 0 saturated carbocycles. The third-order valence-corrected chi connectivity index (χ3v) is 6.76. The van der Waals surface area contributed by atoms with Crippen LogP contribution in [0.15, 0.2) is 76.1 Å². The topological polar surface area (TPSA) is 42.3 Å². The molecule has 0 aliphatic heterocycles. The number of aromatic nitrogens is 1. The third kappa shape index (κ3) is 2.86. The van der Waals surface area contributed by atoms with E-state index >= 15 is 0 Å². The van der Waals surface area contributed by atoms with Crippen molar-refractivity contribution in [2.24, 2.45) is 4.36 Å². The maximum atomic E-state index is 13.8. The van der Waals surface area contributed by atoms with E-state index in [0.717, 1.165) is 15.8 Å². The van der Waals surface area contributed by atoms with E-state index in [2.05, 4.69) is 4.98 Å². The number of rotatable bonds is 2. The molecule has 2 aromatic carbocycles. The van der Waals surface area contributed by atoms with Gasteiger partial charge < -0.3 is 0 Å². The lowest BCUT2D eigenvalue weighted by molar-refractivity contribution is 0.640. The molecular weight excluding hydrogens is 304 g/mol. The summed E-state index contributed by atoms with van der Waals surface area (Å²) in [5.74, 6) is 0. The van der Waals surface area contributed by atoms with Crippen LogP contribution in [-0.4, -0.2) is 13.9 Å². The lowest BCUT2D eigenvalue weighted by Gasteiger charge is -2.24. The summed E-state index contributed by atoms with van der Waals surface area (Å²) in [7, 11) is -2.64. The Morgan fingerprint density at radius 1 is 0.913 bits per heavy atom. The Morgan fingerprint density at radius 2 is 1.61 bits per heavy atom. The standard InChI is InChI=1S/C19H20N2OS/c1-19(2,3)23(22,16-11-5-4-6-12-16)21-17-13-7-9-15-10-8-14-20-18(15)17/h4-14H,1-3H3. The average molecular weight is 324 g/mol. The molecule has 4 heteroatoms. The van der Waals surface area contributed by atoms with E-state index in [-0.39, 0.29) is 0 Å². The van der Waals surface area contributed by atoms with Crippen molar-refractivity contribution in [3.8, 4) is 0 Å². The van der Waals surface area contributed by atoms with Gasteiger partial charge in [-0.15, -0.1) is 0 Å². The highest BCUT2D eigenvalue weighted by molar-refractivity contribution is 7.95. The van der Waals surface area contributed by atoms with Gasteiger partial charge in [0.2, 0.25) is 0 Å². The molecule has 0 aliphatic rings. The van der Waals surface area contributed by atoms with Crippen LogP contribution in [0, 0.1) is 0 Å². The van der Waals surface area contributed by atoms with Crippen LogP contribution in [-0.2, 0) is 9.73 Å². The monoisotopic (exact) mass is 324 g/mol. The van der Waals surface area contributed by atoms with Crippen molar-refractivity contribution < 1.29 is 4.21 Å². The number of benzene rings is 2. The first-order chi connectivity index (χ1) is 10.9. The molecule has 0 saturated heterocycles. The summed E-state index contributed by atoms with van der Waals surface area (Å²) < 4.78 is 18.1. The van der Waals surface area contributed by atoms with Crippen molar-refractivity contribution in [3.63, 3.8) is 0 Å². The lowest BCUT2D eigenvalue weighted by Crippen LogP contribution is -2.27. The minimum Gasteiger partial charge on any atom is -0.254 e. The van der Waals surface area contributed by atoms with E-state index in [9.17, 15) is 4.21 Å². The van der Waals surface area contributed by atoms with E-state index in [4.69, 9.17) is 4.36 Å². The minimum atomic E-state index is -2.64. The van der Waals surface area contributed by atoms with Gasteiger partial charge in [0.05, 0.1) is 25.7 Å². The molecule has 1 atom stereocenters. The molecule has 1 unspecified atom stereocenters. The molecule has 0 amide bonds. The lowest BCUT2D eigenvalue weighted by atomic mass is 10.2. The number of hydrogen-bond donors (Lipinski definition) is 0. The van der Waals surface area contributed by atoms with Crippen LogP contribution >= 0.6 is 0 Å². The number of fused-ring (bicyclic) bond motifs is 1. The van der Waals surface area contributed by atoms with Crippen molar-refractivity contribution in [1.29, 1.82) is 0 Å². The van der Waals surface area contributed by atoms with Crippen LogP contribution in [0.5, 0.6) is 0 Å². The molecule has 0 N–H and O–H groups in total. The van der Waals surface area contributed by atoms with Gasteiger partial charge in [-0.25, -0.2) is 4.21 Å². The third-order valence-electron chi connectivity index (χ3n) is 3.73. The molecule has 3 nitrogen and oxygen atoms in total. The zero-order valence-electron chi connectivity index (χ0n) is 13.6. The molecule has 1 heterocycles. The number of hydrogen-bond acceptors (Lipinski definition) is 3. The predicted molar refractivity (Wildman–Crippen MR) is 96.4 cm³/mol. The van der Waals surface area contributed by atoms with Crippen LogP contribution in [0.1, 0.15) is 20.8 Å².